The fraction of sp³-hybridized carbons (Fsp3) is 0.357. The first-order valence-corrected chi connectivity index (χ1v) is 9.47. The lowest BCUT2D eigenvalue weighted by Gasteiger charge is -2.03. The van der Waals surface area contributed by atoms with Crippen LogP contribution in [0.1, 0.15) is 12.5 Å². The van der Waals surface area contributed by atoms with Crippen molar-refractivity contribution in [1.29, 1.82) is 0 Å². The number of aromatic nitrogens is 2. The van der Waals surface area contributed by atoms with Crippen molar-refractivity contribution in [3.63, 3.8) is 0 Å². The van der Waals surface area contributed by atoms with Crippen LogP contribution in [-0.2, 0) is 6.54 Å². The maximum absolute atomic E-state index is 4.40. The van der Waals surface area contributed by atoms with Crippen molar-refractivity contribution >= 4 is 19.1 Å². The minimum absolute atomic E-state index is 0.955. The number of hydrogen-bond donors (Lipinski definition) is 0. The third kappa shape index (κ3) is 2.77. The van der Waals surface area contributed by atoms with Gasteiger partial charge in [0.25, 0.3) is 0 Å². The first kappa shape index (κ1) is 11.9. The molecule has 0 atom stereocenters. The third-order valence-electron chi connectivity index (χ3n) is 2.54. The van der Waals surface area contributed by atoms with Crippen molar-refractivity contribution in [3.8, 4) is 11.5 Å². The lowest BCUT2D eigenvalue weighted by Crippen LogP contribution is -2.16. The molecule has 0 saturated carbocycles. The molecule has 1 aromatic carbocycles. The normalized spacial score (nSPS) is 11.3. The Hall–Kier alpha value is -1.53. The third-order valence-corrected chi connectivity index (χ3v) is 3.42. The summed E-state index contributed by atoms with van der Waals surface area (Å²) < 4.78 is 2.14. The molecule has 1 heterocycles. The molecular formula is C14H18N2Si. The summed E-state index contributed by atoms with van der Waals surface area (Å²) >= 11 is 0. The van der Waals surface area contributed by atoms with E-state index in [-0.39, 0.29) is 0 Å². The van der Waals surface area contributed by atoms with Crippen LogP contribution in [0.15, 0.2) is 24.5 Å². The average molecular weight is 242 g/mol. The van der Waals surface area contributed by atoms with Gasteiger partial charge >= 0.3 is 0 Å². The second kappa shape index (κ2) is 4.38. The first-order valence-electron chi connectivity index (χ1n) is 5.97. The smallest absolute Gasteiger partial charge is 0.129 e. The maximum Gasteiger partial charge on any atom is 0.129 e. The van der Waals surface area contributed by atoms with E-state index in [1.54, 1.807) is 0 Å². The Morgan fingerprint density at radius 1 is 1.29 bits per heavy atom. The zero-order valence-electron chi connectivity index (χ0n) is 10.9. The molecule has 0 N–H and O–H groups in total. The number of aryl methyl sites for hydroxylation is 1. The van der Waals surface area contributed by atoms with E-state index in [0.29, 0.717) is 0 Å². The molecule has 0 fully saturated rings. The minimum Gasteiger partial charge on any atom is -0.331 e. The van der Waals surface area contributed by atoms with Gasteiger partial charge in [-0.3, -0.25) is 0 Å². The molecular weight excluding hydrogens is 224 g/mol. The van der Waals surface area contributed by atoms with Gasteiger partial charge in [0.15, 0.2) is 0 Å². The summed E-state index contributed by atoms with van der Waals surface area (Å²) in [5.41, 5.74) is 6.67. The highest BCUT2D eigenvalue weighted by Crippen LogP contribution is 2.14. The summed E-state index contributed by atoms with van der Waals surface area (Å²) in [6.45, 7) is 9.84. The van der Waals surface area contributed by atoms with Gasteiger partial charge in [0.2, 0.25) is 0 Å². The average Bonchev–Trinajstić information content (AvgIpc) is 2.67. The highest BCUT2D eigenvalue weighted by Gasteiger charge is 2.07. The van der Waals surface area contributed by atoms with E-state index in [1.807, 2.05) is 6.33 Å². The van der Waals surface area contributed by atoms with Crippen LogP contribution in [0.4, 0.5) is 0 Å². The van der Waals surface area contributed by atoms with Gasteiger partial charge in [0.1, 0.15) is 8.07 Å². The van der Waals surface area contributed by atoms with Crippen LogP contribution in [0.5, 0.6) is 0 Å². The van der Waals surface area contributed by atoms with Crippen LogP contribution in [0.25, 0.3) is 11.0 Å². The van der Waals surface area contributed by atoms with Gasteiger partial charge in [-0.15, -0.1) is 5.54 Å². The molecule has 2 nitrogen and oxygen atoms in total. The van der Waals surface area contributed by atoms with Crippen LogP contribution in [0.2, 0.25) is 19.6 Å². The van der Waals surface area contributed by atoms with Crippen LogP contribution in [0, 0.1) is 11.5 Å². The molecule has 0 amide bonds. The van der Waals surface area contributed by atoms with E-state index in [0.717, 1.165) is 17.6 Å². The van der Waals surface area contributed by atoms with Gasteiger partial charge in [-0.05, 0) is 25.1 Å². The summed E-state index contributed by atoms with van der Waals surface area (Å²) in [7, 11) is -1.30. The fourth-order valence-electron chi connectivity index (χ4n) is 1.65. The molecule has 0 bridgehead atoms. The van der Waals surface area contributed by atoms with Gasteiger partial charge in [-0.1, -0.05) is 25.6 Å². The number of fused-ring (bicyclic) bond motifs is 1. The Labute approximate surface area is 104 Å². The summed E-state index contributed by atoms with van der Waals surface area (Å²) in [5.74, 6) is 3.27. The minimum atomic E-state index is -1.30. The highest BCUT2D eigenvalue weighted by molar-refractivity contribution is 6.83. The van der Waals surface area contributed by atoms with E-state index in [9.17, 15) is 0 Å². The quantitative estimate of drug-likeness (QED) is 0.554. The number of imidazole rings is 1. The molecule has 0 radical (unpaired) electrons. The summed E-state index contributed by atoms with van der Waals surface area (Å²) in [4.78, 5) is 4.40. The zero-order chi connectivity index (χ0) is 12.5. The summed E-state index contributed by atoms with van der Waals surface area (Å²) in [5, 5.41) is 0. The largest absolute Gasteiger partial charge is 0.331 e. The summed E-state index contributed by atoms with van der Waals surface area (Å²) in [6.07, 6.45) is 1.89. The predicted molar refractivity (Wildman–Crippen MR) is 75.6 cm³/mol. The second-order valence-electron chi connectivity index (χ2n) is 5.23. The predicted octanol–water partition coefficient (Wildman–Crippen LogP) is 3.29. The van der Waals surface area contributed by atoms with Crippen molar-refractivity contribution in [2.75, 3.05) is 0 Å². The molecule has 0 saturated heterocycles. The van der Waals surface area contributed by atoms with Gasteiger partial charge in [0, 0.05) is 12.1 Å². The molecule has 0 aliphatic rings. The van der Waals surface area contributed by atoms with Gasteiger partial charge in [0.05, 0.1) is 17.4 Å². The molecule has 0 aliphatic heterocycles. The highest BCUT2D eigenvalue weighted by atomic mass is 28.3. The van der Waals surface area contributed by atoms with Crippen molar-refractivity contribution in [1.82, 2.24) is 9.55 Å². The molecule has 17 heavy (non-hydrogen) atoms. The van der Waals surface area contributed by atoms with Crippen molar-refractivity contribution in [2.45, 2.75) is 33.1 Å². The van der Waals surface area contributed by atoms with Crippen molar-refractivity contribution in [3.05, 3.63) is 30.1 Å². The van der Waals surface area contributed by atoms with Gasteiger partial charge in [-0.25, -0.2) is 4.98 Å². The summed E-state index contributed by atoms with van der Waals surface area (Å²) in [6, 6.07) is 6.28. The Morgan fingerprint density at radius 2 is 2.06 bits per heavy atom. The van der Waals surface area contributed by atoms with E-state index >= 15 is 0 Å². The van der Waals surface area contributed by atoms with E-state index in [1.165, 1.54) is 5.52 Å². The molecule has 0 aliphatic carbocycles. The Morgan fingerprint density at radius 3 is 2.71 bits per heavy atom. The zero-order valence-corrected chi connectivity index (χ0v) is 11.9. The first-order chi connectivity index (χ1) is 7.99. The van der Waals surface area contributed by atoms with Crippen molar-refractivity contribution < 1.29 is 0 Å². The maximum atomic E-state index is 4.40. The Kier molecular flexibility index (Phi) is 3.08. The monoisotopic (exact) mass is 242 g/mol. The van der Waals surface area contributed by atoms with Crippen LogP contribution >= 0.6 is 0 Å². The fourth-order valence-corrected chi connectivity index (χ4v) is 2.17. The van der Waals surface area contributed by atoms with E-state index in [4.69, 9.17) is 0 Å². The molecule has 3 heteroatoms. The van der Waals surface area contributed by atoms with E-state index in [2.05, 4.69) is 65.8 Å². The number of rotatable bonds is 1. The Balaban J connectivity index is 2.41. The molecule has 0 spiro atoms. The van der Waals surface area contributed by atoms with Gasteiger partial charge in [-0.2, -0.15) is 0 Å². The molecule has 1 aromatic heterocycles. The molecule has 88 valence electrons. The topological polar surface area (TPSA) is 17.8 Å². The SMILES string of the molecule is CCn1cnc2cc(C#C[Si](C)(C)C)ccc21. The van der Waals surface area contributed by atoms with Gasteiger partial charge < -0.3 is 4.57 Å². The van der Waals surface area contributed by atoms with E-state index < -0.39 is 8.07 Å². The van der Waals surface area contributed by atoms with Crippen LogP contribution in [0.3, 0.4) is 0 Å². The van der Waals surface area contributed by atoms with Crippen LogP contribution in [-0.4, -0.2) is 17.6 Å². The standard InChI is InChI=1S/C14H18N2Si/c1-5-16-11-15-13-10-12(6-7-14(13)16)8-9-17(2,3)4/h6-7,10-11H,5H2,1-4H3. The van der Waals surface area contributed by atoms with Crippen LogP contribution < -0.4 is 0 Å². The van der Waals surface area contributed by atoms with Crippen molar-refractivity contribution in [2.24, 2.45) is 0 Å². The number of nitrogens with zero attached hydrogens (tertiary/aromatic N) is 2. The molecule has 2 rings (SSSR count). The molecule has 0 unspecified atom stereocenters. The Bertz CT molecular complexity index is 594. The lowest BCUT2D eigenvalue weighted by atomic mass is 10.2. The number of hydrogen-bond acceptors (Lipinski definition) is 1. The molecule has 2 aromatic rings. The lowest BCUT2D eigenvalue weighted by molar-refractivity contribution is 0.787. The second-order valence-corrected chi connectivity index (χ2v) is 9.98. The number of benzene rings is 1.